The second-order valence-electron chi connectivity index (χ2n) is 1.89. The van der Waals surface area contributed by atoms with Crippen LogP contribution < -0.4 is 0 Å². The Labute approximate surface area is 101 Å². The Bertz CT molecular complexity index is 239. The quantitative estimate of drug-likeness (QED) is 0.439. The molecule has 0 heterocycles. The minimum absolute atomic E-state index is 1.44. The van der Waals surface area contributed by atoms with Crippen molar-refractivity contribution in [2.75, 3.05) is 0 Å². The molecule has 0 aromatic rings. The average molecular weight is 456 g/mol. The Kier molecular flexibility index (Phi) is 5.91. The van der Waals surface area contributed by atoms with Gasteiger partial charge in [0.05, 0.1) is 0 Å². The van der Waals surface area contributed by atoms with Crippen LogP contribution in [-0.2, 0) is 0 Å². The fraction of sp³-hybridized carbons (Fsp3) is 0.750. The molecule has 0 saturated heterocycles. The van der Waals surface area contributed by atoms with E-state index in [9.17, 15) is 39.5 Å². The van der Waals surface area contributed by atoms with Gasteiger partial charge >= 0.3 is 101 Å². The molecule has 0 aromatic carbocycles. The summed E-state index contributed by atoms with van der Waals surface area (Å²) in [5.41, 5.74) is 0. The Morgan fingerprint density at radius 2 is 1.00 bits per heavy atom. The molecule has 0 unspecified atom stereocenters. The first-order valence-electron chi connectivity index (χ1n) is 2.93. The van der Waals surface area contributed by atoms with Crippen LogP contribution in [0.5, 0.6) is 0 Å². The van der Waals surface area contributed by atoms with Crippen LogP contribution in [0, 0.1) is 0 Å². The third-order valence-electron chi connectivity index (χ3n) is 0.597. The molecule has 0 radical (unpaired) electrons. The summed E-state index contributed by atoms with van der Waals surface area (Å²) in [6, 6.07) is 0. The summed E-state index contributed by atoms with van der Waals surface area (Å²) in [4.78, 5) is 0. The summed E-state index contributed by atoms with van der Waals surface area (Å²) in [7, 11) is 0. The summed E-state index contributed by atoms with van der Waals surface area (Å²) >= 11 is -8.17. The molecule has 12 heteroatoms. The molecule has 16 heavy (non-hydrogen) atoms. The Balaban J connectivity index is 4.87. The van der Waals surface area contributed by atoms with Gasteiger partial charge in [-0.25, -0.2) is 0 Å². The number of hydrogen-bond donors (Lipinski definition) is 0. The van der Waals surface area contributed by atoms with Crippen molar-refractivity contribution in [2.45, 2.75) is 15.2 Å². The van der Waals surface area contributed by atoms with Crippen LogP contribution in [0.25, 0.3) is 0 Å². The molecule has 0 aliphatic heterocycles. The standard InChI is InChI=1S/C4F9Se3/c5-2(6,7)14-1(15-3(8,9)10)16-4(11,12)13/q+1. The van der Waals surface area contributed by atoms with E-state index < -0.39 is 61.9 Å². The van der Waals surface area contributed by atoms with Crippen molar-refractivity contribution in [1.82, 2.24) is 0 Å². The predicted molar refractivity (Wildman–Crippen MR) is 40.4 cm³/mol. The first kappa shape index (κ1) is 16.8. The molecule has 0 spiro atoms. The SMILES string of the molecule is FC(F)(F)[Se]C([Se]C(F)(F)F)=[Se+]C(F)(F)F. The van der Waals surface area contributed by atoms with E-state index in [1.807, 2.05) is 0 Å². The molecule has 0 amide bonds. The maximum atomic E-state index is 11.7. The zero-order valence-corrected chi connectivity index (χ0v) is 11.8. The van der Waals surface area contributed by atoms with Crippen LogP contribution in [0.2, 0.25) is 0 Å². The van der Waals surface area contributed by atoms with Gasteiger partial charge in [0.25, 0.3) is 0 Å². The predicted octanol–water partition coefficient (Wildman–Crippen LogP) is 1.75. The van der Waals surface area contributed by atoms with Gasteiger partial charge in [0.2, 0.25) is 0 Å². The van der Waals surface area contributed by atoms with Crippen molar-refractivity contribution in [3.05, 3.63) is 0 Å². The van der Waals surface area contributed by atoms with Crippen molar-refractivity contribution in [3.8, 4) is 0 Å². The Hall–Kier alpha value is 0.798. The molecule has 0 aliphatic carbocycles. The zero-order valence-electron chi connectivity index (χ0n) is 6.63. The fourth-order valence-corrected chi connectivity index (χ4v) is 9.34. The summed E-state index contributed by atoms with van der Waals surface area (Å²) in [6.45, 7) is 0. The monoisotopic (exact) mass is 459 g/mol. The second-order valence-corrected chi connectivity index (χ2v) is 12.6. The van der Waals surface area contributed by atoms with Gasteiger partial charge in [0, 0.05) is 0 Å². The van der Waals surface area contributed by atoms with E-state index in [2.05, 4.69) is 0 Å². The summed E-state index contributed by atoms with van der Waals surface area (Å²) in [5, 5.41) is -15.0. The van der Waals surface area contributed by atoms with Crippen molar-refractivity contribution in [3.63, 3.8) is 0 Å². The molecule has 0 bridgehead atoms. The number of rotatable bonds is 2. The van der Waals surface area contributed by atoms with Crippen molar-refractivity contribution < 1.29 is 39.5 Å². The molecule has 0 rings (SSSR count). The number of alkyl halides is 9. The van der Waals surface area contributed by atoms with Gasteiger partial charge in [0.1, 0.15) is 0 Å². The number of halogens is 9. The van der Waals surface area contributed by atoms with Gasteiger partial charge in [-0.2, -0.15) is 0 Å². The van der Waals surface area contributed by atoms with Crippen LogP contribution in [0.15, 0.2) is 0 Å². The van der Waals surface area contributed by atoms with Crippen LogP contribution in [-0.4, -0.2) is 61.9 Å². The van der Waals surface area contributed by atoms with E-state index in [1.54, 1.807) is 0 Å². The first-order valence-corrected chi connectivity index (χ1v) is 8.06. The van der Waals surface area contributed by atoms with Crippen molar-refractivity contribution in [2.24, 2.45) is 0 Å². The second kappa shape index (κ2) is 5.63. The van der Waals surface area contributed by atoms with Gasteiger partial charge in [-0.3, -0.25) is 0 Å². The van der Waals surface area contributed by atoms with E-state index in [4.69, 9.17) is 0 Å². The molecular formula is C4F9Se3+. The van der Waals surface area contributed by atoms with Crippen LogP contribution in [0.4, 0.5) is 39.5 Å². The van der Waals surface area contributed by atoms with Crippen LogP contribution >= 0.6 is 0 Å². The summed E-state index contributed by atoms with van der Waals surface area (Å²) < 4.78 is 104. The summed E-state index contributed by atoms with van der Waals surface area (Å²) in [6.07, 6.45) is 0. The van der Waals surface area contributed by atoms with E-state index in [0.29, 0.717) is 0 Å². The van der Waals surface area contributed by atoms with Crippen molar-refractivity contribution >= 4 is 46.6 Å². The molecule has 0 N–H and O–H groups in total. The van der Waals surface area contributed by atoms with Crippen molar-refractivity contribution in [1.29, 1.82) is 0 Å². The molecule has 0 aliphatic rings. The van der Waals surface area contributed by atoms with Crippen LogP contribution in [0.1, 0.15) is 0 Å². The van der Waals surface area contributed by atoms with E-state index >= 15 is 0 Å². The Morgan fingerprint density at radius 1 is 0.688 bits per heavy atom. The average Bonchev–Trinajstić information content (AvgIpc) is 1.70. The number of hydrogen-bond acceptors (Lipinski definition) is 0. The van der Waals surface area contributed by atoms with Crippen LogP contribution in [0.3, 0.4) is 0 Å². The van der Waals surface area contributed by atoms with Gasteiger partial charge in [0.15, 0.2) is 0 Å². The topological polar surface area (TPSA) is 0 Å². The summed E-state index contributed by atoms with van der Waals surface area (Å²) in [5.74, 6) is 0. The third-order valence-corrected chi connectivity index (χ3v) is 8.55. The first-order chi connectivity index (χ1) is 6.79. The van der Waals surface area contributed by atoms with Gasteiger partial charge in [-0.15, -0.1) is 0 Å². The molecular weight excluding hydrogens is 456 g/mol. The van der Waals surface area contributed by atoms with E-state index in [-0.39, 0.29) is 0 Å². The van der Waals surface area contributed by atoms with Gasteiger partial charge < -0.3 is 0 Å². The Morgan fingerprint density at radius 3 is 1.19 bits per heavy atom. The third kappa shape index (κ3) is 11.3. The molecule has 0 nitrogen and oxygen atoms in total. The van der Waals surface area contributed by atoms with Gasteiger partial charge in [-0.05, 0) is 0 Å². The molecule has 0 atom stereocenters. The molecule has 0 fully saturated rings. The minimum atomic E-state index is -4.98. The molecule has 0 aromatic heterocycles. The molecule has 96 valence electrons. The van der Waals surface area contributed by atoms with E-state index in [0.717, 1.165) is 0 Å². The normalized spacial score (nSPS) is 13.8. The van der Waals surface area contributed by atoms with Gasteiger partial charge in [-0.1, -0.05) is 0 Å². The molecule has 0 saturated carbocycles. The fourth-order valence-electron chi connectivity index (χ4n) is 0.346. The van der Waals surface area contributed by atoms with E-state index in [1.165, 1.54) is 0 Å². The maximum absolute atomic E-state index is 11.7. The zero-order chi connectivity index (χ0) is 13.2.